The van der Waals surface area contributed by atoms with Gasteiger partial charge in [-0.05, 0) is 0 Å². The average Bonchev–Trinajstić information content (AvgIpc) is 1.62. The Balaban J connectivity index is 2.00. The zero-order valence-corrected chi connectivity index (χ0v) is 8.00. The molecule has 8 heteroatoms. The van der Waals surface area contributed by atoms with Crippen molar-refractivity contribution in [3.8, 4) is 0 Å². The van der Waals surface area contributed by atoms with Crippen LogP contribution < -0.4 is 18.6 Å². The van der Waals surface area contributed by atoms with E-state index in [1.165, 1.54) is 0 Å². The maximum atomic E-state index is 3.19. The molecule has 8 radical (unpaired) electrons. The average molecular weight is 172 g/mol. The Morgan fingerprint density at radius 1 is 0.500 bits per heavy atom. The van der Waals surface area contributed by atoms with Crippen LogP contribution >= 0.6 is 0 Å². The molecule has 4 nitrogen and oxygen atoms in total. The van der Waals surface area contributed by atoms with Crippen molar-refractivity contribution in [3.05, 3.63) is 0 Å². The zero-order chi connectivity index (χ0) is 5.66. The molecular formula is H4N4Si4. The molecule has 8 heavy (non-hydrogen) atoms. The highest BCUT2D eigenvalue weighted by atomic mass is 28.4. The van der Waals surface area contributed by atoms with E-state index in [4.69, 9.17) is 0 Å². The van der Waals surface area contributed by atoms with Crippen LogP contribution in [0.5, 0.6) is 0 Å². The van der Waals surface area contributed by atoms with Gasteiger partial charge in [0, 0.05) is 0 Å². The quantitative estimate of drug-likeness (QED) is 0.286. The van der Waals surface area contributed by atoms with Gasteiger partial charge in [0.15, 0.2) is 0 Å². The highest BCUT2D eigenvalue weighted by Crippen LogP contribution is 1.47. The van der Waals surface area contributed by atoms with Crippen LogP contribution in [0, 0.1) is 0 Å². The Morgan fingerprint density at radius 2 is 0.750 bits per heavy atom. The van der Waals surface area contributed by atoms with E-state index in [0.717, 1.165) is 0 Å². The normalized spacial score (nSPS) is 24.0. The molecule has 1 fully saturated rings. The van der Waals surface area contributed by atoms with Crippen molar-refractivity contribution in [1.29, 1.82) is 0 Å². The second-order valence-corrected chi connectivity index (χ2v) is 6.00. The highest BCUT2D eigenvalue weighted by Gasteiger charge is 1.97. The molecule has 0 unspecified atom stereocenters. The lowest BCUT2D eigenvalue weighted by atomic mass is 13.7. The van der Waals surface area contributed by atoms with Gasteiger partial charge in [0.05, 0.1) is 0 Å². The van der Waals surface area contributed by atoms with Crippen LogP contribution in [0.3, 0.4) is 0 Å². The molecule has 0 atom stereocenters. The van der Waals surface area contributed by atoms with Gasteiger partial charge in [-0.3, -0.25) is 0 Å². The molecule has 4 N–H and O–H groups in total. The number of hydrogen-bond donors (Lipinski definition) is 4. The maximum absolute atomic E-state index is 3.19. The Kier molecular flexibility index (Phi) is 3.90. The van der Waals surface area contributed by atoms with E-state index in [1.54, 1.807) is 0 Å². The van der Waals surface area contributed by atoms with Crippen LogP contribution in [-0.2, 0) is 0 Å². The summed E-state index contributed by atoms with van der Waals surface area (Å²) in [5.41, 5.74) is 0. The summed E-state index contributed by atoms with van der Waals surface area (Å²) in [6.07, 6.45) is 0. The van der Waals surface area contributed by atoms with Gasteiger partial charge in [0.1, 0.15) is 0 Å². The Hall–Kier alpha value is 0.708. The van der Waals surface area contributed by atoms with E-state index in [9.17, 15) is 0 Å². The third kappa shape index (κ3) is 2.88. The fourth-order valence-corrected chi connectivity index (χ4v) is 4.50. The smallest absolute Gasteiger partial charge is 0.231 e. The van der Waals surface area contributed by atoms with Crippen molar-refractivity contribution in [2.45, 2.75) is 0 Å². The predicted octanol–water partition coefficient (Wildman–Crippen LogP) is -3.50. The standard InChI is InChI=1S/H4N4Si4/c1-5-2-7-4-8-3-6-1/h1-4H. The maximum Gasteiger partial charge on any atom is 0.231 e. The van der Waals surface area contributed by atoms with Crippen LogP contribution in [0.25, 0.3) is 0 Å². The number of nitrogens with one attached hydrogen (secondary N) is 4. The molecule has 0 bridgehead atoms. The van der Waals surface area contributed by atoms with Crippen LogP contribution in [-0.4, -0.2) is 39.4 Å². The van der Waals surface area contributed by atoms with Crippen molar-refractivity contribution < 1.29 is 0 Å². The lowest BCUT2D eigenvalue weighted by molar-refractivity contribution is 1.28. The largest absolute Gasteiger partial charge is 0.337 e. The molecule has 0 aliphatic carbocycles. The van der Waals surface area contributed by atoms with Crippen LogP contribution in [0.1, 0.15) is 0 Å². The van der Waals surface area contributed by atoms with Crippen molar-refractivity contribution >= 4 is 39.4 Å². The molecule has 1 aliphatic heterocycles. The van der Waals surface area contributed by atoms with Crippen molar-refractivity contribution in [3.63, 3.8) is 0 Å². The van der Waals surface area contributed by atoms with E-state index >= 15 is 0 Å². The van der Waals surface area contributed by atoms with Crippen molar-refractivity contribution in [2.75, 3.05) is 0 Å². The fourth-order valence-electron chi connectivity index (χ4n) is 0.250. The molecule has 0 aromatic heterocycles. The first-order valence-electron chi connectivity index (χ1n) is 2.00. The first-order valence-corrected chi connectivity index (χ1v) is 6.00. The molecule has 0 saturated carbocycles. The summed E-state index contributed by atoms with van der Waals surface area (Å²) >= 11 is 0. The zero-order valence-electron chi connectivity index (χ0n) is 4.00. The molecule has 0 aromatic rings. The van der Waals surface area contributed by atoms with Gasteiger partial charge in [-0.15, -0.1) is 0 Å². The summed E-state index contributed by atoms with van der Waals surface area (Å²) in [5.74, 6) is 0. The van der Waals surface area contributed by atoms with Crippen LogP contribution in [0.15, 0.2) is 0 Å². The highest BCUT2D eigenvalue weighted by molar-refractivity contribution is 6.65. The second-order valence-electron chi connectivity index (χ2n) is 1.00. The lowest BCUT2D eigenvalue weighted by Crippen LogP contribution is -2.55. The van der Waals surface area contributed by atoms with E-state index in [-0.39, 0.29) is 0 Å². The van der Waals surface area contributed by atoms with Gasteiger partial charge in [-0.1, -0.05) is 0 Å². The third-order valence-corrected chi connectivity index (χ3v) is 4.50. The minimum atomic E-state index is 0.694. The van der Waals surface area contributed by atoms with E-state index in [0.29, 0.717) is 39.4 Å². The monoisotopic (exact) mass is 172 g/mol. The van der Waals surface area contributed by atoms with E-state index < -0.39 is 0 Å². The van der Waals surface area contributed by atoms with Gasteiger partial charge in [0.25, 0.3) is 0 Å². The fraction of sp³-hybridized carbons (Fsp3) is 0. The molecule has 1 saturated heterocycles. The van der Waals surface area contributed by atoms with Gasteiger partial charge in [-0.2, -0.15) is 0 Å². The van der Waals surface area contributed by atoms with E-state index in [1.807, 2.05) is 0 Å². The molecule has 0 spiro atoms. The van der Waals surface area contributed by atoms with Crippen molar-refractivity contribution in [1.82, 2.24) is 18.6 Å². The summed E-state index contributed by atoms with van der Waals surface area (Å²) < 4.78 is 12.8. The first-order chi connectivity index (χ1) is 4.00. The minimum absolute atomic E-state index is 0.694. The molecule has 0 amide bonds. The molecular weight excluding hydrogens is 168 g/mol. The van der Waals surface area contributed by atoms with Gasteiger partial charge in [0.2, 0.25) is 39.4 Å². The summed E-state index contributed by atoms with van der Waals surface area (Å²) in [4.78, 5) is 0. The lowest BCUT2D eigenvalue weighted by Gasteiger charge is -2.07. The summed E-state index contributed by atoms with van der Waals surface area (Å²) in [7, 11) is 2.78. The third-order valence-electron chi connectivity index (χ3n) is 0.500. The molecule has 1 heterocycles. The number of hydrogen-bond acceptors (Lipinski definition) is 4. The summed E-state index contributed by atoms with van der Waals surface area (Å²) in [6.45, 7) is 0. The Labute approximate surface area is 58.5 Å². The van der Waals surface area contributed by atoms with Gasteiger partial charge >= 0.3 is 0 Å². The Morgan fingerprint density at radius 3 is 1.00 bits per heavy atom. The molecule has 1 rings (SSSR count). The SMILES string of the molecule is N1[Si]N[Si]N[Si]N[Si]1. The van der Waals surface area contributed by atoms with Crippen molar-refractivity contribution in [2.24, 2.45) is 0 Å². The summed E-state index contributed by atoms with van der Waals surface area (Å²) in [6, 6.07) is 0. The summed E-state index contributed by atoms with van der Waals surface area (Å²) in [5, 5.41) is 0. The molecule has 40 valence electrons. The minimum Gasteiger partial charge on any atom is -0.337 e. The first kappa shape index (κ1) is 6.82. The molecule has 1 aliphatic rings. The van der Waals surface area contributed by atoms with Crippen LogP contribution in [0.2, 0.25) is 0 Å². The predicted molar refractivity (Wildman–Crippen MR) is 35.6 cm³/mol. The van der Waals surface area contributed by atoms with Crippen LogP contribution in [0.4, 0.5) is 0 Å². The van der Waals surface area contributed by atoms with E-state index in [2.05, 4.69) is 18.6 Å². The Bertz CT molecular complexity index is 32.0. The van der Waals surface area contributed by atoms with Gasteiger partial charge < -0.3 is 18.6 Å². The second kappa shape index (κ2) is 4.57. The topological polar surface area (TPSA) is 48.1 Å². The molecule has 0 aromatic carbocycles. The number of rotatable bonds is 0. The van der Waals surface area contributed by atoms with Gasteiger partial charge in [-0.25, -0.2) is 0 Å².